The van der Waals surface area contributed by atoms with Gasteiger partial charge in [0.1, 0.15) is 6.61 Å². The van der Waals surface area contributed by atoms with Crippen LogP contribution in [0.25, 0.3) is 0 Å². The number of nitrogens with two attached hydrogens (primary N) is 1. The Kier molecular flexibility index (Phi) is 8.45. The van der Waals surface area contributed by atoms with Crippen LogP contribution in [0.15, 0.2) is 43.5 Å². The smallest absolute Gasteiger partial charge is 0.415 e. The van der Waals surface area contributed by atoms with Crippen LogP contribution in [0.2, 0.25) is 0 Å². The van der Waals surface area contributed by atoms with Crippen LogP contribution in [-0.4, -0.2) is 40.7 Å². The first kappa shape index (κ1) is 24.1. The number of hydrogen-bond donors (Lipinski definition) is 2. The standard InChI is InChI=1S/C20H23FN6O5/c1-4-9-23-19-24-17(22)16(27(29)30)18(25-19)26(20(28)31-6-3)12-13-7-8-14(21)15(11-13)32-10-5-2/h4-5,7-8,11H,1-2,6,9-10,12H2,3H3,(H3,22,23,24,25). The Bertz CT molecular complexity index is 1020. The Morgan fingerprint density at radius 2 is 2.12 bits per heavy atom. The number of amides is 1. The van der Waals surface area contributed by atoms with Gasteiger partial charge in [-0.3, -0.25) is 15.0 Å². The molecule has 0 atom stereocenters. The molecule has 0 fully saturated rings. The van der Waals surface area contributed by atoms with Gasteiger partial charge in [-0.2, -0.15) is 9.97 Å². The molecule has 2 rings (SSSR count). The predicted octanol–water partition coefficient (Wildman–Crippen LogP) is 3.43. The van der Waals surface area contributed by atoms with E-state index in [0.29, 0.717) is 5.56 Å². The lowest BCUT2D eigenvalue weighted by Crippen LogP contribution is -2.33. The molecule has 1 aromatic carbocycles. The van der Waals surface area contributed by atoms with Crippen LogP contribution in [0.1, 0.15) is 12.5 Å². The molecule has 3 N–H and O–H groups in total. The van der Waals surface area contributed by atoms with E-state index in [0.717, 1.165) is 11.0 Å². The molecule has 0 spiro atoms. The first-order chi connectivity index (χ1) is 15.3. The summed E-state index contributed by atoms with van der Waals surface area (Å²) in [6, 6.07) is 3.91. The van der Waals surface area contributed by atoms with Gasteiger partial charge in [-0.25, -0.2) is 9.18 Å². The number of nitrogens with zero attached hydrogens (tertiary/aromatic N) is 4. The summed E-state index contributed by atoms with van der Waals surface area (Å²) >= 11 is 0. The van der Waals surface area contributed by atoms with Gasteiger partial charge >= 0.3 is 11.8 Å². The lowest BCUT2D eigenvalue weighted by Gasteiger charge is -2.22. The van der Waals surface area contributed by atoms with Crippen molar-refractivity contribution in [2.75, 3.05) is 35.7 Å². The fraction of sp³-hybridized carbons (Fsp3) is 0.250. The van der Waals surface area contributed by atoms with E-state index in [4.69, 9.17) is 15.2 Å². The Labute approximate surface area is 183 Å². The third-order valence-corrected chi connectivity index (χ3v) is 3.92. The van der Waals surface area contributed by atoms with Crippen molar-refractivity contribution >= 4 is 29.4 Å². The van der Waals surface area contributed by atoms with Crippen molar-refractivity contribution in [3.8, 4) is 5.75 Å². The largest absolute Gasteiger partial charge is 0.486 e. The Morgan fingerprint density at radius 3 is 2.75 bits per heavy atom. The molecular formula is C20H23FN6O5. The van der Waals surface area contributed by atoms with Gasteiger partial charge in [0.15, 0.2) is 11.6 Å². The minimum Gasteiger partial charge on any atom is -0.486 e. The molecule has 0 unspecified atom stereocenters. The highest BCUT2D eigenvalue weighted by atomic mass is 19.1. The van der Waals surface area contributed by atoms with Gasteiger partial charge in [-0.15, -0.1) is 6.58 Å². The van der Waals surface area contributed by atoms with Crippen molar-refractivity contribution in [2.45, 2.75) is 13.5 Å². The number of nitro groups is 1. The van der Waals surface area contributed by atoms with Crippen LogP contribution in [-0.2, 0) is 11.3 Å². The maximum absolute atomic E-state index is 14.0. The van der Waals surface area contributed by atoms with Crippen LogP contribution >= 0.6 is 0 Å². The molecule has 0 aliphatic rings. The second-order valence-corrected chi connectivity index (χ2v) is 6.18. The molecule has 0 aliphatic heterocycles. The van der Waals surface area contributed by atoms with E-state index in [1.165, 1.54) is 24.3 Å². The van der Waals surface area contributed by atoms with Crippen molar-refractivity contribution in [1.29, 1.82) is 0 Å². The Balaban J connectivity index is 2.57. The highest BCUT2D eigenvalue weighted by molar-refractivity contribution is 5.91. The van der Waals surface area contributed by atoms with Gasteiger partial charge in [0.2, 0.25) is 17.6 Å². The molecule has 0 radical (unpaired) electrons. The summed E-state index contributed by atoms with van der Waals surface area (Å²) in [4.78, 5) is 32.5. The van der Waals surface area contributed by atoms with Crippen LogP contribution in [0, 0.1) is 15.9 Å². The van der Waals surface area contributed by atoms with E-state index in [2.05, 4.69) is 28.4 Å². The zero-order valence-corrected chi connectivity index (χ0v) is 17.4. The third kappa shape index (κ3) is 5.90. The second kappa shape index (κ2) is 11.2. The van der Waals surface area contributed by atoms with Gasteiger partial charge in [0.05, 0.1) is 18.1 Å². The lowest BCUT2D eigenvalue weighted by atomic mass is 10.2. The molecule has 1 amide bonds. The highest BCUT2D eigenvalue weighted by Gasteiger charge is 2.32. The minimum absolute atomic E-state index is 0.00236. The Morgan fingerprint density at radius 1 is 1.38 bits per heavy atom. The normalized spacial score (nSPS) is 10.2. The number of benzene rings is 1. The van der Waals surface area contributed by atoms with Gasteiger partial charge in [0, 0.05) is 6.54 Å². The summed E-state index contributed by atoms with van der Waals surface area (Å²) in [5.41, 5.74) is 5.50. The molecule has 1 aromatic heterocycles. The molecule has 1 heterocycles. The van der Waals surface area contributed by atoms with Crippen LogP contribution in [0.3, 0.4) is 0 Å². The van der Waals surface area contributed by atoms with E-state index in [9.17, 15) is 19.3 Å². The number of nitrogen functional groups attached to an aromatic ring is 1. The molecule has 0 saturated carbocycles. The zero-order chi connectivity index (χ0) is 23.7. The lowest BCUT2D eigenvalue weighted by molar-refractivity contribution is -0.383. The Hall–Kier alpha value is -4.22. The maximum atomic E-state index is 14.0. The summed E-state index contributed by atoms with van der Waals surface area (Å²) in [7, 11) is 0. The summed E-state index contributed by atoms with van der Waals surface area (Å²) in [5.74, 6) is -1.57. The van der Waals surface area contributed by atoms with Gasteiger partial charge in [0.25, 0.3) is 0 Å². The minimum atomic E-state index is -0.916. The molecule has 0 bridgehead atoms. The number of aromatic nitrogens is 2. The van der Waals surface area contributed by atoms with Crippen LogP contribution in [0.5, 0.6) is 5.75 Å². The van der Waals surface area contributed by atoms with Gasteiger partial charge in [-0.1, -0.05) is 24.8 Å². The van der Waals surface area contributed by atoms with E-state index in [1.807, 2.05) is 0 Å². The SMILES string of the molecule is C=CCNc1nc(N)c([N+](=O)[O-])c(N(Cc2ccc(F)c(OCC=C)c2)C(=O)OCC)n1. The molecule has 32 heavy (non-hydrogen) atoms. The zero-order valence-electron chi connectivity index (χ0n) is 17.4. The van der Waals surface area contributed by atoms with E-state index in [-0.39, 0.29) is 43.8 Å². The second-order valence-electron chi connectivity index (χ2n) is 6.18. The monoisotopic (exact) mass is 446 g/mol. The molecule has 0 saturated heterocycles. The van der Waals surface area contributed by atoms with Crippen molar-refractivity contribution in [3.05, 3.63) is 65.0 Å². The number of carbonyl (C=O) groups is 1. The molecule has 11 nitrogen and oxygen atoms in total. The molecule has 2 aromatic rings. The fourth-order valence-electron chi connectivity index (χ4n) is 2.58. The number of anilines is 3. The summed E-state index contributed by atoms with van der Waals surface area (Å²) in [5, 5.41) is 14.4. The highest BCUT2D eigenvalue weighted by Crippen LogP contribution is 2.34. The van der Waals surface area contributed by atoms with Gasteiger partial charge in [-0.05, 0) is 24.6 Å². The van der Waals surface area contributed by atoms with Crippen LogP contribution < -0.4 is 20.7 Å². The molecule has 0 aliphatic carbocycles. The molecular weight excluding hydrogens is 423 g/mol. The van der Waals surface area contributed by atoms with E-state index < -0.39 is 28.3 Å². The number of carbonyl (C=O) groups excluding carboxylic acids is 1. The number of nitrogens with one attached hydrogen (secondary N) is 1. The van der Waals surface area contributed by atoms with Crippen molar-refractivity contribution in [2.24, 2.45) is 0 Å². The first-order valence-corrected chi connectivity index (χ1v) is 9.45. The number of ether oxygens (including phenoxy) is 2. The predicted molar refractivity (Wildman–Crippen MR) is 117 cm³/mol. The first-order valence-electron chi connectivity index (χ1n) is 9.45. The number of rotatable bonds is 11. The average molecular weight is 446 g/mol. The quantitative estimate of drug-likeness (QED) is 0.301. The van der Waals surface area contributed by atoms with E-state index in [1.54, 1.807) is 6.92 Å². The van der Waals surface area contributed by atoms with Crippen molar-refractivity contribution < 1.29 is 23.6 Å². The van der Waals surface area contributed by atoms with Gasteiger partial charge < -0.3 is 20.5 Å². The maximum Gasteiger partial charge on any atom is 0.415 e. The van der Waals surface area contributed by atoms with E-state index >= 15 is 0 Å². The van der Waals surface area contributed by atoms with Crippen molar-refractivity contribution in [1.82, 2.24) is 9.97 Å². The average Bonchev–Trinajstić information content (AvgIpc) is 2.75. The molecule has 12 heteroatoms. The summed E-state index contributed by atoms with van der Waals surface area (Å²) < 4.78 is 24.3. The number of halogens is 1. The fourth-order valence-corrected chi connectivity index (χ4v) is 2.58. The third-order valence-electron chi connectivity index (χ3n) is 3.92. The molecule has 170 valence electrons. The topological polar surface area (TPSA) is 146 Å². The van der Waals surface area contributed by atoms with Crippen LogP contribution in [0.4, 0.5) is 32.5 Å². The van der Waals surface area contributed by atoms with Crippen molar-refractivity contribution in [3.63, 3.8) is 0 Å². The summed E-state index contributed by atoms with van der Waals surface area (Å²) in [6.07, 6.45) is 2.05. The number of hydrogen-bond acceptors (Lipinski definition) is 9. The summed E-state index contributed by atoms with van der Waals surface area (Å²) in [6.45, 7) is 8.70.